The summed E-state index contributed by atoms with van der Waals surface area (Å²) in [5.74, 6) is -0.578. The van der Waals surface area contributed by atoms with Gasteiger partial charge in [-0.2, -0.15) is 0 Å². The van der Waals surface area contributed by atoms with Crippen molar-refractivity contribution in [2.45, 2.75) is 0 Å². The number of hydrogen-bond acceptors (Lipinski definition) is 2. The maximum Gasteiger partial charge on any atom is 0.235 e. The lowest BCUT2D eigenvalue weighted by Gasteiger charge is -1.96. The normalized spacial score (nSPS) is 10.6. The quantitative estimate of drug-likeness (QED) is 0.545. The highest BCUT2D eigenvalue weighted by Crippen LogP contribution is 2.19. The second kappa shape index (κ2) is 4.00. The molecule has 0 aromatic heterocycles. The Hall–Kier alpha value is -1.42. The fourth-order valence-corrected chi connectivity index (χ4v) is 1.03. The minimum absolute atomic E-state index is 0.0286. The first-order valence-corrected chi connectivity index (χ1v) is 3.75. The van der Waals surface area contributed by atoms with Gasteiger partial charge in [0.25, 0.3) is 0 Å². The molecule has 0 bridgehead atoms. The maximum atomic E-state index is 12.9. The Kier molecular flexibility index (Phi) is 2.97. The van der Waals surface area contributed by atoms with Gasteiger partial charge in [-0.1, -0.05) is 17.7 Å². The molecule has 0 amide bonds. The molecule has 1 rings (SSSR count). The van der Waals surface area contributed by atoms with E-state index in [1.807, 2.05) is 0 Å². The molecule has 5 heteroatoms. The van der Waals surface area contributed by atoms with Crippen molar-refractivity contribution in [2.24, 2.45) is 0 Å². The lowest BCUT2D eigenvalue weighted by Crippen LogP contribution is -1.86. The first-order valence-electron chi connectivity index (χ1n) is 3.37. The Morgan fingerprint density at radius 1 is 1.54 bits per heavy atom. The van der Waals surface area contributed by atoms with Crippen LogP contribution in [0.25, 0.3) is 6.08 Å². The van der Waals surface area contributed by atoms with Gasteiger partial charge in [0.15, 0.2) is 0 Å². The Morgan fingerprint density at radius 2 is 2.23 bits per heavy atom. The first-order chi connectivity index (χ1) is 6.11. The lowest BCUT2D eigenvalue weighted by molar-refractivity contribution is -0.400. The number of nitrogens with zero attached hydrogens (tertiary/aromatic N) is 1. The Morgan fingerprint density at radius 3 is 2.77 bits per heavy atom. The van der Waals surface area contributed by atoms with Gasteiger partial charge < -0.3 is 0 Å². The fourth-order valence-electron chi connectivity index (χ4n) is 0.805. The molecule has 0 radical (unpaired) electrons. The van der Waals surface area contributed by atoms with E-state index in [2.05, 4.69) is 0 Å². The van der Waals surface area contributed by atoms with Gasteiger partial charge in [-0.05, 0) is 12.1 Å². The lowest BCUT2D eigenvalue weighted by atomic mass is 10.2. The maximum absolute atomic E-state index is 12.9. The van der Waals surface area contributed by atoms with Gasteiger partial charge in [-0.25, -0.2) is 4.39 Å². The van der Waals surface area contributed by atoms with Crippen molar-refractivity contribution in [3.05, 3.63) is 50.9 Å². The summed E-state index contributed by atoms with van der Waals surface area (Å²) < 4.78 is 12.9. The van der Waals surface area contributed by atoms with Crippen molar-refractivity contribution in [3.8, 4) is 0 Å². The zero-order valence-electron chi connectivity index (χ0n) is 6.41. The molecule has 0 spiro atoms. The van der Waals surface area contributed by atoms with E-state index < -0.39 is 10.7 Å². The zero-order valence-corrected chi connectivity index (χ0v) is 7.16. The summed E-state index contributed by atoms with van der Waals surface area (Å²) in [6, 6.07) is 4.08. The summed E-state index contributed by atoms with van der Waals surface area (Å²) in [4.78, 5) is 9.27. The third kappa shape index (κ3) is 2.52. The molecule has 13 heavy (non-hydrogen) atoms. The number of benzene rings is 1. The minimum Gasteiger partial charge on any atom is -0.259 e. The van der Waals surface area contributed by atoms with E-state index in [0.717, 1.165) is 6.08 Å². The molecular weight excluding hydrogens is 197 g/mol. The van der Waals surface area contributed by atoms with Crippen LogP contribution in [0.2, 0.25) is 5.02 Å². The third-order valence-electron chi connectivity index (χ3n) is 1.36. The van der Waals surface area contributed by atoms with E-state index in [1.165, 1.54) is 18.2 Å². The second-order valence-corrected chi connectivity index (χ2v) is 2.64. The van der Waals surface area contributed by atoms with E-state index in [-0.39, 0.29) is 10.6 Å². The number of nitro groups is 1. The molecule has 1 aromatic carbocycles. The molecule has 0 aliphatic heterocycles. The molecule has 0 saturated heterocycles. The SMILES string of the molecule is O=[N+]([O-])/C=C/c1c(F)cccc1Cl. The van der Waals surface area contributed by atoms with Crippen LogP contribution < -0.4 is 0 Å². The highest BCUT2D eigenvalue weighted by molar-refractivity contribution is 6.32. The largest absolute Gasteiger partial charge is 0.259 e. The topological polar surface area (TPSA) is 43.1 Å². The predicted octanol–water partition coefficient (Wildman–Crippen LogP) is 2.73. The van der Waals surface area contributed by atoms with E-state index in [0.29, 0.717) is 6.20 Å². The zero-order chi connectivity index (χ0) is 9.84. The standard InChI is InChI=1S/C8H5ClFNO2/c9-7-2-1-3-8(10)6(7)4-5-11(12)13/h1-5H/b5-4+. The molecule has 0 heterocycles. The van der Waals surface area contributed by atoms with Gasteiger partial charge in [0.05, 0.1) is 9.95 Å². The smallest absolute Gasteiger partial charge is 0.235 e. The molecule has 0 N–H and O–H groups in total. The molecule has 0 saturated carbocycles. The van der Waals surface area contributed by atoms with E-state index in [1.54, 1.807) is 0 Å². The average molecular weight is 202 g/mol. The van der Waals surface area contributed by atoms with Crippen molar-refractivity contribution in [1.82, 2.24) is 0 Å². The van der Waals surface area contributed by atoms with Crippen molar-refractivity contribution >= 4 is 17.7 Å². The number of rotatable bonds is 2. The van der Waals surface area contributed by atoms with Crippen molar-refractivity contribution in [1.29, 1.82) is 0 Å². The Labute approximate surface area is 78.6 Å². The van der Waals surface area contributed by atoms with Crippen LogP contribution >= 0.6 is 11.6 Å². The van der Waals surface area contributed by atoms with E-state index in [9.17, 15) is 14.5 Å². The van der Waals surface area contributed by atoms with Gasteiger partial charge in [0, 0.05) is 11.6 Å². The molecule has 68 valence electrons. The molecule has 0 unspecified atom stereocenters. The van der Waals surface area contributed by atoms with Crippen LogP contribution in [0.1, 0.15) is 5.56 Å². The highest BCUT2D eigenvalue weighted by atomic mass is 35.5. The highest BCUT2D eigenvalue weighted by Gasteiger charge is 2.03. The van der Waals surface area contributed by atoms with Gasteiger partial charge >= 0.3 is 0 Å². The van der Waals surface area contributed by atoms with Gasteiger partial charge in [-0.3, -0.25) is 10.1 Å². The van der Waals surface area contributed by atoms with Crippen LogP contribution in [-0.2, 0) is 0 Å². The monoisotopic (exact) mass is 201 g/mol. The van der Waals surface area contributed by atoms with Gasteiger partial charge in [0.1, 0.15) is 5.82 Å². The van der Waals surface area contributed by atoms with Crippen molar-refractivity contribution in [2.75, 3.05) is 0 Å². The van der Waals surface area contributed by atoms with E-state index in [4.69, 9.17) is 11.6 Å². The van der Waals surface area contributed by atoms with Crippen LogP contribution in [0.4, 0.5) is 4.39 Å². The first kappa shape index (κ1) is 9.67. The van der Waals surface area contributed by atoms with Gasteiger partial charge in [-0.15, -0.1) is 0 Å². The van der Waals surface area contributed by atoms with Crippen LogP contribution in [0.5, 0.6) is 0 Å². The third-order valence-corrected chi connectivity index (χ3v) is 1.69. The van der Waals surface area contributed by atoms with Crippen molar-refractivity contribution < 1.29 is 9.31 Å². The van der Waals surface area contributed by atoms with Crippen LogP contribution in [0.15, 0.2) is 24.4 Å². The summed E-state index contributed by atoms with van der Waals surface area (Å²) in [5.41, 5.74) is 0.0286. The molecule has 0 fully saturated rings. The van der Waals surface area contributed by atoms with Crippen LogP contribution in [-0.4, -0.2) is 4.92 Å². The molecule has 0 aliphatic rings. The van der Waals surface area contributed by atoms with Crippen molar-refractivity contribution in [3.63, 3.8) is 0 Å². The average Bonchev–Trinajstić information content (AvgIpc) is 2.03. The summed E-state index contributed by atoms with van der Waals surface area (Å²) in [7, 11) is 0. The van der Waals surface area contributed by atoms with Crippen LogP contribution in [0.3, 0.4) is 0 Å². The molecular formula is C8H5ClFNO2. The van der Waals surface area contributed by atoms with Crippen LogP contribution in [0, 0.1) is 15.9 Å². The summed E-state index contributed by atoms with van der Waals surface area (Å²) in [6.07, 6.45) is 1.67. The second-order valence-electron chi connectivity index (χ2n) is 2.24. The fraction of sp³-hybridized carbons (Fsp3) is 0. The molecule has 0 aliphatic carbocycles. The molecule has 1 aromatic rings. The molecule has 0 atom stereocenters. The summed E-state index contributed by atoms with van der Waals surface area (Å²) in [6.45, 7) is 0. The van der Waals surface area contributed by atoms with Gasteiger partial charge in [0.2, 0.25) is 6.20 Å². The number of halogens is 2. The molecule has 3 nitrogen and oxygen atoms in total. The Balaban J connectivity index is 3.06. The Bertz CT molecular complexity index is 345. The van der Waals surface area contributed by atoms with E-state index >= 15 is 0 Å². The summed E-state index contributed by atoms with van der Waals surface area (Å²) >= 11 is 5.60. The number of hydrogen-bond donors (Lipinski definition) is 0. The predicted molar refractivity (Wildman–Crippen MR) is 47.4 cm³/mol. The minimum atomic E-state index is -0.678. The summed E-state index contributed by atoms with van der Waals surface area (Å²) in [5, 5.41) is 10.1.